The Morgan fingerprint density at radius 1 is 0.818 bits per heavy atom. The standard InChI is InChI=1S/C25H27N5O2S/c31-23-20-11-4-5-12-21(20)24(32)29(23)15-8-16-33-25-27-26-22(18-28-13-6-7-14-28)30(25)17-19-9-2-1-3-10-19/h1-5,9-12H,6-8,13-18H2. The van der Waals surface area contributed by atoms with Gasteiger partial charge in [-0.25, -0.2) is 0 Å². The van der Waals surface area contributed by atoms with Crippen molar-refractivity contribution >= 4 is 23.6 Å². The molecule has 1 saturated heterocycles. The van der Waals surface area contributed by atoms with Crippen LogP contribution in [0.3, 0.4) is 0 Å². The van der Waals surface area contributed by atoms with Crippen LogP contribution in [0.25, 0.3) is 0 Å². The molecule has 2 aromatic carbocycles. The number of carbonyl (C=O) groups is 2. The number of nitrogens with zero attached hydrogens (tertiary/aromatic N) is 5. The minimum atomic E-state index is -0.194. The molecule has 3 aromatic rings. The highest BCUT2D eigenvalue weighted by atomic mass is 32.2. The molecule has 33 heavy (non-hydrogen) atoms. The van der Waals surface area contributed by atoms with E-state index in [1.165, 1.54) is 23.3 Å². The van der Waals surface area contributed by atoms with Gasteiger partial charge in [0.05, 0.1) is 24.2 Å². The number of hydrogen-bond acceptors (Lipinski definition) is 6. The first-order valence-corrected chi connectivity index (χ1v) is 12.5. The van der Waals surface area contributed by atoms with Gasteiger partial charge in [-0.2, -0.15) is 0 Å². The van der Waals surface area contributed by atoms with Crippen LogP contribution in [0.2, 0.25) is 0 Å². The predicted octanol–water partition coefficient (Wildman–Crippen LogP) is 3.70. The number of imide groups is 1. The molecule has 0 aliphatic carbocycles. The van der Waals surface area contributed by atoms with Crippen molar-refractivity contribution in [2.45, 2.75) is 37.5 Å². The number of hydrogen-bond donors (Lipinski definition) is 0. The Hall–Kier alpha value is -2.97. The molecular formula is C25H27N5O2S. The van der Waals surface area contributed by atoms with Crippen LogP contribution in [-0.4, -0.2) is 61.8 Å². The van der Waals surface area contributed by atoms with Crippen LogP contribution in [0, 0.1) is 0 Å². The Morgan fingerprint density at radius 3 is 2.18 bits per heavy atom. The average Bonchev–Trinajstić information content (AvgIpc) is 3.55. The lowest BCUT2D eigenvalue weighted by Gasteiger charge is -2.16. The number of thioether (sulfide) groups is 1. The first-order valence-electron chi connectivity index (χ1n) is 11.5. The van der Waals surface area contributed by atoms with Crippen LogP contribution < -0.4 is 0 Å². The number of amides is 2. The Morgan fingerprint density at radius 2 is 1.48 bits per heavy atom. The first kappa shape index (κ1) is 21.9. The minimum absolute atomic E-state index is 0.194. The second-order valence-electron chi connectivity index (χ2n) is 8.46. The van der Waals surface area contributed by atoms with Gasteiger partial charge < -0.3 is 4.57 Å². The lowest BCUT2D eigenvalue weighted by Crippen LogP contribution is -2.31. The van der Waals surface area contributed by atoms with Crippen molar-refractivity contribution in [3.63, 3.8) is 0 Å². The maximum atomic E-state index is 12.6. The third kappa shape index (κ3) is 4.72. The summed E-state index contributed by atoms with van der Waals surface area (Å²) in [6, 6.07) is 17.4. The zero-order valence-electron chi connectivity index (χ0n) is 18.5. The summed E-state index contributed by atoms with van der Waals surface area (Å²) in [4.78, 5) is 28.9. The van der Waals surface area contributed by atoms with E-state index in [9.17, 15) is 9.59 Å². The van der Waals surface area contributed by atoms with Gasteiger partial charge >= 0.3 is 0 Å². The third-order valence-corrected chi connectivity index (χ3v) is 7.23. The minimum Gasteiger partial charge on any atom is -0.300 e. The van der Waals surface area contributed by atoms with Crippen molar-refractivity contribution in [2.75, 3.05) is 25.4 Å². The maximum Gasteiger partial charge on any atom is 0.261 e. The SMILES string of the molecule is O=C1c2ccccc2C(=O)N1CCCSc1nnc(CN2CCCC2)n1Cc1ccccc1. The van der Waals surface area contributed by atoms with Crippen LogP contribution >= 0.6 is 11.8 Å². The summed E-state index contributed by atoms with van der Waals surface area (Å²) in [5.41, 5.74) is 2.22. The lowest BCUT2D eigenvalue weighted by molar-refractivity contribution is 0.0655. The summed E-state index contributed by atoms with van der Waals surface area (Å²) in [5.74, 6) is 1.36. The second kappa shape index (κ2) is 9.89. The van der Waals surface area contributed by atoms with Gasteiger partial charge in [0.25, 0.3) is 11.8 Å². The van der Waals surface area contributed by atoms with E-state index in [1.54, 1.807) is 36.0 Å². The Bertz CT molecular complexity index is 1110. The van der Waals surface area contributed by atoms with E-state index < -0.39 is 0 Å². The summed E-state index contributed by atoms with van der Waals surface area (Å²) < 4.78 is 2.21. The van der Waals surface area contributed by atoms with Gasteiger partial charge in [0.2, 0.25) is 0 Å². The van der Waals surface area contributed by atoms with Crippen molar-refractivity contribution in [1.29, 1.82) is 0 Å². The quantitative estimate of drug-likeness (QED) is 0.275. The Labute approximate surface area is 197 Å². The average molecular weight is 462 g/mol. The summed E-state index contributed by atoms with van der Waals surface area (Å²) >= 11 is 1.64. The van der Waals surface area contributed by atoms with Gasteiger partial charge in [-0.05, 0) is 50.0 Å². The second-order valence-corrected chi connectivity index (χ2v) is 9.53. The highest BCUT2D eigenvalue weighted by Gasteiger charge is 2.34. The number of carbonyl (C=O) groups excluding carboxylic acids is 2. The van der Waals surface area contributed by atoms with Gasteiger partial charge in [-0.15, -0.1) is 10.2 Å². The summed E-state index contributed by atoms with van der Waals surface area (Å²) in [6.45, 7) is 4.18. The van der Waals surface area contributed by atoms with Crippen molar-refractivity contribution in [2.24, 2.45) is 0 Å². The molecule has 1 aromatic heterocycles. The van der Waals surface area contributed by atoms with Crippen molar-refractivity contribution < 1.29 is 9.59 Å². The molecule has 0 N–H and O–H groups in total. The molecule has 2 amide bonds. The third-order valence-electron chi connectivity index (χ3n) is 6.18. The Kier molecular flexibility index (Phi) is 6.55. The molecule has 0 saturated carbocycles. The van der Waals surface area contributed by atoms with E-state index in [2.05, 4.69) is 43.9 Å². The molecule has 1 fully saturated rings. The fourth-order valence-electron chi connectivity index (χ4n) is 4.44. The fraction of sp³-hybridized carbons (Fsp3) is 0.360. The molecule has 2 aliphatic heterocycles. The molecule has 0 atom stereocenters. The number of rotatable bonds is 9. The molecule has 0 unspecified atom stereocenters. The van der Waals surface area contributed by atoms with Crippen LogP contribution in [0.15, 0.2) is 59.8 Å². The zero-order valence-corrected chi connectivity index (χ0v) is 19.3. The van der Waals surface area contributed by atoms with Gasteiger partial charge in [0, 0.05) is 12.3 Å². The zero-order chi connectivity index (χ0) is 22.6. The van der Waals surface area contributed by atoms with E-state index in [-0.39, 0.29) is 11.8 Å². The summed E-state index contributed by atoms with van der Waals surface area (Å²) in [5, 5.41) is 9.89. The lowest BCUT2D eigenvalue weighted by atomic mass is 10.1. The normalized spacial score (nSPS) is 16.1. The molecule has 5 rings (SSSR count). The molecule has 0 radical (unpaired) electrons. The highest BCUT2D eigenvalue weighted by Crippen LogP contribution is 2.25. The topological polar surface area (TPSA) is 71.3 Å². The fourth-order valence-corrected chi connectivity index (χ4v) is 5.32. The molecule has 3 heterocycles. The number of likely N-dealkylation sites (tertiary alicyclic amines) is 1. The van der Waals surface area contributed by atoms with E-state index in [0.717, 1.165) is 42.9 Å². The monoisotopic (exact) mass is 461 g/mol. The van der Waals surface area contributed by atoms with E-state index in [0.29, 0.717) is 24.1 Å². The molecule has 0 spiro atoms. The van der Waals surface area contributed by atoms with Gasteiger partial charge in [0.1, 0.15) is 5.82 Å². The van der Waals surface area contributed by atoms with E-state index >= 15 is 0 Å². The molecule has 2 aliphatic rings. The van der Waals surface area contributed by atoms with Crippen LogP contribution in [0.5, 0.6) is 0 Å². The summed E-state index contributed by atoms with van der Waals surface area (Å²) in [7, 11) is 0. The number of benzene rings is 2. The first-order chi connectivity index (χ1) is 16.2. The van der Waals surface area contributed by atoms with E-state index in [1.807, 2.05) is 6.07 Å². The molecule has 7 nitrogen and oxygen atoms in total. The van der Waals surface area contributed by atoms with Crippen molar-refractivity contribution in [3.05, 3.63) is 77.1 Å². The number of aromatic nitrogens is 3. The molecule has 170 valence electrons. The number of fused-ring (bicyclic) bond motifs is 1. The molecule has 0 bridgehead atoms. The van der Waals surface area contributed by atoms with Crippen LogP contribution in [0.1, 0.15) is 51.4 Å². The summed E-state index contributed by atoms with van der Waals surface area (Å²) in [6.07, 6.45) is 3.19. The largest absolute Gasteiger partial charge is 0.300 e. The van der Waals surface area contributed by atoms with Crippen LogP contribution in [-0.2, 0) is 13.1 Å². The van der Waals surface area contributed by atoms with E-state index in [4.69, 9.17) is 0 Å². The van der Waals surface area contributed by atoms with Crippen molar-refractivity contribution in [1.82, 2.24) is 24.6 Å². The highest BCUT2D eigenvalue weighted by molar-refractivity contribution is 7.99. The smallest absolute Gasteiger partial charge is 0.261 e. The maximum absolute atomic E-state index is 12.6. The van der Waals surface area contributed by atoms with Gasteiger partial charge in [-0.3, -0.25) is 19.4 Å². The van der Waals surface area contributed by atoms with Crippen LogP contribution in [0.4, 0.5) is 0 Å². The molecule has 8 heteroatoms. The van der Waals surface area contributed by atoms with Crippen molar-refractivity contribution in [3.8, 4) is 0 Å². The predicted molar refractivity (Wildman–Crippen MR) is 127 cm³/mol. The van der Waals surface area contributed by atoms with Gasteiger partial charge in [0.15, 0.2) is 5.16 Å². The Balaban J connectivity index is 1.23. The van der Waals surface area contributed by atoms with Gasteiger partial charge in [-0.1, -0.05) is 54.2 Å². The molecular weight excluding hydrogens is 434 g/mol.